The van der Waals surface area contributed by atoms with E-state index in [0.29, 0.717) is 17.4 Å². The van der Waals surface area contributed by atoms with Crippen LogP contribution in [-0.4, -0.2) is 45.6 Å². The summed E-state index contributed by atoms with van der Waals surface area (Å²) in [5.74, 6) is -0.802. The Bertz CT molecular complexity index is 1480. The summed E-state index contributed by atoms with van der Waals surface area (Å²) in [5, 5.41) is 22.1. The first-order valence-electron chi connectivity index (χ1n) is 12.7. The molecule has 0 bridgehead atoms. The van der Waals surface area contributed by atoms with Gasteiger partial charge in [0.15, 0.2) is 17.2 Å². The number of nitrogens with one attached hydrogen (secondary N) is 2. The van der Waals surface area contributed by atoms with Crippen molar-refractivity contribution in [2.75, 3.05) is 19.0 Å². The lowest BCUT2D eigenvalue weighted by Gasteiger charge is -2.17. The van der Waals surface area contributed by atoms with Crippen molar-refractivity contribution in [2.45, 2.75) is 51.1 Å². The summed E-state index contributed by atoms with van der Waals surface area (Å²) in [6.45, 7) is 2.38. The summed E-state index contributed by atoms with van der Waals surface area (Å²) in [4.78, 5) is 4.43. The number of methoxy groups -OCH3 is 1. The minimum Gasteiger partial charge on any atom is -0.493 e. The Morgan fingerprint density at radius 3 is 2.67 bits per heavy atom. The third-order valence-corrected chi connectivity index (χ3v) is 6.78. The van der Waals surface area contributed by atoms with Gasteiger partial charge in [-0.3, -0.25) is 0 Å². The zero-order chi connectivity index (χ0) is 27.7. The predicted molar refractivity (Wildman–Crippen MR) is 139 cm³/mol. The topological polar surface area (TPSA) is 83.7 Å². The van der Waals surface area contributed by atoms with Crippen molar-refractivity contribution < 1.29 is 27.4 Å². The van der Waals surface area contributed by atoms with Crippen LogP contribution in [0.15, 0.2) is 48.7 Å². The van der Waals surface area contributed by atoms with Gasteiger partial charge in [-0.1, -0.05) is 24.3 Å². The Morgan fingerprint density at radius 1 is 1.18 bits per heavy atom. The number of hydrogen-bond acceptors (Lipinski definition) is 6. The van der Waals surface area contributed by atoms with Gasteiger partial charge in [0.05, 0.1) is 36.8 Å². The van der Waals surface area contributed by atoms with Crippen molar-refractivity contribution in [3.05, 3.63) is 76.9 Å². The maximum Gasteiger partial charge on any atom is 0.390 e. The van der Waals surface area contributed by atoms with Gasteiger partial charge in [-0.05, 0) is 49.1 Å². The first-order valence-corrected chi connectivity index (χ1v) is 12.7. The van der Waals surface area contributed by atoms with Crippen molar-refractivity contribution in [1.29, 1.82) is 0 Å². The Kier molecular flexibility index (Phi) is 7.46. The second kappa shape index (κ2) is 10.8. The normalized spacial score (nSPS) is 14.5. The van der Waals surface area contributed by atoms with Crippen molar-refractivity contribution >= 4 is 11.3 Å². The highest BCUT2D eigenvalue weighted by Gasteiger charge is 2.27. The van der Waals surface area contributed by atoms with Gasteiger partial charge in [-0.25, -0.2) is 13.9 Å². The predicted octanol–water partition coefficient (Wildman–Crippen LogP) is 5.55. The van der Waals surface area contributed by atoms with E-state index in [4.69, 9.17) is 4.74 Å². The summed E-state index contributed by atoms with van der Waals surface area (Å²) >= 11 is 0. The highest BCUT2D eigenvalue weighted by atomic mass is 19.4. The number of benzene rings is 2. The van der Waals surface area contributed by atoms with E-state index in [2.05, 4.69) is 20.7 Å². The molecule has 0 radical (unpaired) electrons. The monoisotopic (exact) mass is 543 g/mol. The van der Waals surface area contributed by atoms with E-state index in [0.717, 1.165) is 23.2 Å². The number of nitrogens with zero attached hydrogens (tertiary/aromatic N) is 3. The number of alkyl halides is 3. The average Bonchev–Trinajstić information content (AvgIpc) is 3.63. The molecule has 0 amide bonds. The molecule has 1 unspecified atom stereocenters. The highest BCUT2D eigenvalue weighted by molar-refractivity contribution is 5.73. The molecule has 1 atom stereocenters. The van der Waals surface area contributed by atoms with E-state index >= 15 is 0 Å². The molecule has 206 valence electrons. The van der Waals surface area contributed by atoms with E-state index in [1.165, 1.54) is 48.7 Å². The molecule has 1 saturated carbocycles. The molecule has 1 aliphatic rings. The van der Waals surface area contributed by atoms with E-state index < -0.39 is 31.1 Å². The molecular formula is C28H29F4N5O2. The van der Waals surface area contributed by atoms with Gasteiger partial charge >= 0.3 is 6.18 Å². The van der Waals surface area contributed by atoms with E-state index in [-0.39, 0.29) is 22.7 Å². The van der Waals surface area contributed by atoms with E-state index in [1.54, 1.807) is 6.20 Å². The minimum atomic E-state index is -4.35. The second-order valence-corrected chi connectivity index (χ2v) is 9.71. The quantitative estimate of drug-likeness (QED) is 0.228. The van der Waals surface area contributed by atoms with Gasteiger partial charge in [-0.2, -0.15) is 18.3 Å². The van der Waals surface area contributed by atoms with E-state index in [9.17, 15) is 22.7 Å². The summed E-state index contributed by atoms with van der Waals surface area (Å²) in [7, 11) is 1.29. The number of aromatic nitrogens is 3. The number of rotatable bonds is 10. The van der Waals surface area contributed by atoms with Crippen LogP contribution in [0.2, 0.25) is 0 Å². The number of fused-ring (bicyclic) bond motifs is 1. The molecule has 39 heavy (non-hydrogen) atoms. The molecule has 7 nitrogen and oxygen atoms in total. The van der Waals surface area contributed by atoms with Crippen molar-refractivity contribution in [3.63, 3.8) is 0 Å². The lowest BCUT2D eigenvalue weighted by atomic mass is 10.0. The van der Waals surface area contributed by atoms with Crippen LogP contribution in [0, 0.1) is 12.7 Å². The van der Waals surface area contributed by atoms with Crippen LogP contribution in [0.1, 0.15) is 47.8 Å². The number of para-hydroxylation sites is 1. The number of aliphatic hydroxyl groups is 1. The van der Waals surface area contributed by atoms with E-state index in [1.807, 2.05) is 25.1 Å². The standard InChI is InChI=1S/C28H29F4N5O2/c1-16-12-17(6-7-18(16)14-34-19-8-9-19)24-15-35-27-23(33-11-10-28(30,31)32)13-22(36-37(24)27)25(38)20-4-3-5-21(29)26(20)39-2/h3-7,12-13,15,19,25,33-34,38H,8-11,14H2,1-2H3. The Labute approximate surface area is 222 Å². The molecule has 11 heteroatoms. The van der Waals surface area contributed by atoms with Gasteiger partial charge in [0.1, 0.15) is 6.10 Å². The average molecular weight is 544 g/mol. The number of aliphatic hydroxyl groups excluding tert-OH is 1. The van der Waals surface area contributed by atoms with Gasteiger partial charge in [0, 0.05) is 30.3 Å². The van der Waals surface area contributed by atoms with Crippen LogP contribution in [0.5, 0.6) is 5.75 Å². The Balaban J connectivity index is 1.55. The SMILES string of the molecule is COc1c(F)cccc1C(O)c1cc(NCCC(F)(F)F)c2ncc(-c3ccc(CNC4CC4)c(C)c3)n2n1. The van der Waals surface area contributed by atoms with Crippen LogP contribution >= 0.6 is 0 Å². The van der Waals surface area contributed by atoms with Gasteiger partial charge in [0.2, 0.25) is 0 Å². The number of anilines is 1. The first-order chi connectivity index (χ1) is 18.6. The number of hydrogen-bond donors (Lipinski definition) is 3. The summed E-state index contributed by atoms with van der Waals surface area (Å²) in [6, 6.07) is 12.1. The van der Waals surface area contributed by atoms with Gasteiger partial charge in [-0.15, -0.1) is 0 Å². The molecule has 0 spiro atoms. The zero-order valence-electron chi connectivity index (χ0n) is 21.5. The van der Waals surface area contributed by atoms with Crippen molar-refractivity contribution in [1.82, 2.24) is 19.9 Å². The smallest absolute Gasteiger partial charge is 0.390 e. The Hall–Kier alpha value is -3.70. The number of halogens is 4. The van der Waals surface area contributed by atoms with Crippen LogP contribution in [0.3, 0.4) is 0 Å². The van der Waals surface area contributed by atoms with Crippen LogP contribution in [0.4, 0.5) is 23.2 Å². The summed E-state index contributed by atoms with van der Waals surface area (Å²) in [6.07, 6.45) is -2.84. The van der Waals surface area contributed by atoms with Gasteiger partial charge < -0.3 is 20.5 Å². The lowest BCUT2D eigenvalue weighted by molar-refractivity contribution is -0.131. The number of ether oxygens (including phenoxy) is 1. The molecule has 0 aliphatic heterocycles. The molecular weight excluding hydrogens is 514 g/mol. The summed E-state index contributed by atoms with van der Waals surface area (Å²) < 4.78 is 59.5. The van der Waals surface area contributed by atoms with Crippen molar-refractivity contribution in [3.8, 4) is 17.0 Å². The fourth-order valence-electron chi connectivity index (χ4n) is 4.50. The highest BCUT2D eigenvalue weighted by Crippen LogP contribution is 2.34. The van der Waals surface area contributed by atoms with Crippen LogP contribution < -0.4 is 15.4 Å². The molecule has 4 aromatic rings. The number of imidazole rings is 1. The molecule has 2 heterocycles. The molecule has 2 aromatic carbocycles. The summed E-state index contributed by atoms with van der Waals surface area (Å²) in [5.41, 5.74) is 4.40. The molecule has 0 saturated heterocycles. The maximum atomic E-state index is 14.4. The fraction of sp³-hybridized carbons (Fsp3) is 0.357. The number of aryl methyl sites for hydroxylation is 1. The molecule has 5 rings (SSSR count). The molecule has 1 aliphatic carbocycles. The third-order valence-electron chi connectivity index (χ3n) is 6.78. The fourth-order valence-corrected chi connectivity index (χ4v) is 4.50. The van der Waals surface area contributed by atoms with Crippen LogP contribution in [0.25, 0.3) is 16.9 Å². The van der Waals surface area contributed by atoms with Crippen LogP contribution in [-0.2, 0) is 6.54 Å². The minimum absolute atomic E-state index is 0.0853. The Morgan fingerprint density at radius 2 is 1.97 bits per heavy atom. The third kappa shape index (κ3) is 5.99. The maximum absolute atomic E-state index is 14.4. The van der Waals surface area contributed by atoms with Crippen molar-refractivity contribution in [2.24, 2.45) is 0 Å². The second-order valence-electron chi connectivity index (χ2n) is 9.71. The van der Waals surface area contributed by atoms with Gasteiger partial charge in [0.25, 0.3) is 0 Å². The molecule has 3 N–H and O–H groups in total. The molecule has 1 fully saturated rings. The zero-order valence-corrected chi connectivity index (χ0v) is 21.5. The largest absolute Gasteiger partial charge is 0.493 e. The first kappa shape index (κ1) is 26.9. The molecule has 2 aromatic heterocycles. The lowest BCUT2D eigenvalue weighted by Crippen LogP contribution is -2.16.